The van der Waals surface area contributed by atoms with E-state index < -0.39 is 23.6 Å². The van der Waals surface area contributed by atoms with Crippen LogP contribution in [0.5, 0.6) is 0 Å². The maximum absolute atomic E-state index is 13.7. The highest BCUT2D eigenvalue weighted by Crippen LogP contribution is 2.18. The summed E-state index contributed by atoms with van der Waals surface area (Å²) < 4.78 is 27.9. The molecule has 2 aromatic rings. The summed E-state index contributed by atoms with van der Waals surface area (Å²) in [5.74, 6) is -2.14. The van der Waals surface area contributed by atoms with Crippen molar-refractivity contribution in [2.24, 2.45) is 7.05 Å². The van der Waals surface area contributed by atoms with Gasteiger partial charge < -0.3 is 15.3 Å². The lowest BCUT2D eigenvalue weighted by Crippen LogP contribution is -2.42. The Hall–Kier alpha value is -3.01. The van der Waals surface area contributed by atoms with Gasteiger partial charge in [0.25, 0.3) is 5.91 Å². The molecule has 3 N–H and O–H groups in total. The first kappa shape index (κ1) is 18.8. The molecular weight excluding hydrogens is 360 g/mol. The van der Waals surface area contributed by atoms with Crippen LogP contribution in [-0.4, -0.2) is 50.9 Å². The summed E-state index contributed by atoms with van der Waals surface area (Å²) in [4.78, 5) is 26.1. The number of anilines is 2. The van der Waals surface area contributed by atoms with E-state index in [-0.39, 0.29) is 23.2 Å². The summed E-state index contributed by atoms with van der Waals surface area (Å²) >= 11 is 0. The molecule has 27 heavy (non-hydrogen) atoms. The van der Waals surface area contributed by atoms with Crippen molar-refractivity contribution in [2.75, 3.05) is 23.7 Å². The molecule has 1 fully saturated rings. The summed E-state index contributed by atoms with van der Waals surface area (Å²) in [6.07, 6.45) is 0.616. The zero-order valence-electron chi connectivity index (χ0n) is 14.6. The molecule has 3 rings (SSSR count). The molecule has 0 bridgehead atoms. The molecule has 0 aliphatic carbocycles. The van der Waals surface area contributed by atoms with E-state index in [1.165, 1.54) is 17.8 Å². The fraction of sp³-hybridized carbons (Fsp3) is 0.353. The van der Waals surface area contributed by atoms with Crippen molar-refractivity contribution in [3.05, 3.63) is 41.6 Å². The van der Waals surface area contributed by atoms with E-state index in [1.807, 2.05) is 0 Å². The van der Waals surface area contributed by atoms with E-state index in [4.69, 9.17) is 0 Å². The van der Waals surface area contributed by atoms with Crippen molar-refractivity contribution in [3.8, 4) is 0 Å². The van der Waals surface area contributed by atoms with Crippen LogP contribution in [0.3, 0.4) is 0 Å². The maximum Gasteiger partial charge on any atom is 0.323 e. The van der Waals surface area contributed by atoms with Gasteiger partial charge in [0, 0.05) is 32.3 Å². The van der Waals surface area contributed by atoms with Crippen molar-refractivity contribution in [1.29, 1.82) is 0 Å². The van der Waals surface area contributed by atoms with Gasteiger partial charge in [-0.05, 0) is 25.0 Å². The Morgan fingerprint density at radius 1 is 1.19 bits per heavy atom. The molecule has 1 saturated heterocycles. The third kappa shape index (κ3) is 4.40. The Morgan fingerprint density at radius 2 is 1.89 bits per heavy atom. The van der Waals surface area contributed by atoms with Gasteiger partial charge in [-0.3, -0.25) is 14.8 Å². The van der Waals surface area contributed by atoms with Crippen LogP contribution in [0.15, 0.2) is 24.3 Å². The number of aliphatic hydroxyl groups excluding tert-OH is 1. The minimum absolute atomic E-state index is 0.0862. The van der Waals surface area contributed by atoms with Gasteiger partial charge in [0.2, 0.25) is 0 Å². The van der Waals surface area contributed by atoms with Crippen molar-refractivity contribution in [1.82, 2.24) is 14.7 Å². The number of urea groups is 1. The molecule has 0 saturated carbocycles. The number of carbonyl (C=O) groups is 2. The number of aliphatic hydroxyl groups is 1. The Kier molecular flexibility index (Phi) is 5.36. The van der Waals surface area contributed by atoms with Gasteiger partial charge in [-0.25, -0.2) is 13.6 Å². The number of likely N-dealkylation sites (tertiary alicyclic amines) is 1. The van der Waals surface area contributed by atoms with Gasteiger partial charge in [0.1, 0.15) is 17.3 Å². The minimum atomic E-state index is -0.897. The molecule has 3 amide bonds. The quantitative estimate of drug-likeness (QED) is 0.759. The highest BCUT2D eigenvalue weighted by atomic mass is 19.1. The zero-order valence-corrected chi connectivity index (χ0v) is 14.6. The summed E-state index contributed by atoms with van der Waals surface area (Å²) in [6, 6.07) is 3.79. The number of hydrogen-bond acceptors (Lipinski definition) is 4. The second-order valence-corrected chi connectivity index (χ2v) is 6.27. The topological polar surface area (TPSA) is 99.5 Å². The van der Waals surface area contributed by atoms with E-state index in [0.29, 0.717) is 32.0 Å². The number of benzene rings is 1. The first-order valence-electron chi connectivity index (χ1n) is 8.38. The third-order valence-corrected chi connectivity index (χ3v) is 4.28. The predicted octanol–water partition coefficient (Wildman–Crippen LogP) is 1.94. The number of hydrogen-bond donors (Lipinski definition) is 3. The second kappa shape index (κ2) is 7.70. The lowest BCUT2D eigenvalue weighted by Gasteiger charge is -2.29. The van der Waals surface area contributed by atoms with Crippen molar-refractivity contribution in [2.45, 2.75) is 18.9 Å². The molecule has 0 atom stereocenters. The van der Waals surface area contributed by atoms with Gasteiger partial charge in [-0.1, -0.05) is 0 Å². The van der Waals surface area contributed by atoms with Crippen molar-refractivity contribution in [3.63, 3.8) is 0 Å². The number of carbonyl (C=O) groups excluding carboxylic acids is 2. The van der Waals surface area contributed by atoms with E-state index in [0.717, 1.165) is 12.1 Å². The van der Waals surface area contributed by atoms with Crippen LogP contribution in [0.2, 0.25) is 0 Å². The molecule has 1 aliphatic heterocycles. The van der Waals surface area contributed by atoms with Crippen LogP contribution in [-0.2, 0) is 7.05 Å². The van der Waals surface area contributed by atoms with Crippen molar-refractivity contribution >= 4 is 23.4 Å². The fourth-order valence-corrected chi connectivity index (χ4v) is 2.78. The Bertz CT molecular complexity index is 862. The highest BCUT2D eigenvalue weighted by molar-refractivity contribution is 6.04. The number of amides is 3. The summed E-state index contributed by atoms with van der Waals surface area (Å²) in [7, 11) is 1.50. The first-order chi connectivity index (χ1) is 12.8. The lowest BCUT2D eigenvalue weighted by atomic mass is 10.1. The third-order valence-electron chi connectivity index (χ3n) is 4.28. The molecule has 2 heterocycles. The number of piperidine rings is 1. The van der Waals surface area contributed by atoms with Crippen LogP contribution >= 0.6 is 0 Å². The molecular formula is C17H19F2N5O3. The molecule has 0 radical (unpaired) electrons. The molecule has 1 aromatic heterocycles. The standard InChI is InChI=1S/C17H19F2N5O3/c1-23-14(16(26)20-13-3-2-10(18)8-12(13)19)9-15(22-23)21-17(27)24-6-4-11(25)5-7-24/h2-3,8-9,11,25H,4-7H2,1H3,(H,20,26)(H,21,22,27). The van der Waals surface area contributed by atoms with E-state index in [1.54, 1.807) is 4.90 Å². The fourth-order valence-electron chi connectivity index (χ4n) is 2.78. The Labute approximate surface area is 153 Å². The van der Waals surface area contributed by atoms with E-state index >= 15 is 0 Å². The van der Waals surface area contributed by atoms with Crippen LogP contribution in [0.1, 0.15) is 23.3 Å². The van der Waals surface area contributed by atoms with E-state index in [9.17, 15) is 23.5 Å². The lowest BCUT2D eigenvalue weighted by molar-refractivity contribution is 0.0970. The Morgan fingerprint density at radius 3 is 2.56 bits per heavy atom. The average Bonchev–Trinajstić information content (AvgIpc) is 2.98. The first-order valence-corrected chi connectivity index (χ1v) is 8.38. The van der Waals surface area contributed by atoms with Gasteiger partial charge in [0.05, 0.1) is 11.8 Å². The molecule has 0 spiro atoms. The molecule has 10 heteroatoms. The Balaban J connectivity index is 1.66. The van der Waals surface area contributed by atoms with Crippen LogP contribution in [0.4, 0.5) is 25.1 Å². The predicted molar refractivity (Wildman–Crippen MR) is 93.4 cm³/mol. The summed E-state index contributed by atoms with van der Waals surface area (Å²) in [6.45, 7) is 0.855. The van der Waals surface area contributed by atoms with E-state index in [2.05, 4.69) is 15.7 Å². The number of aryl methyl sites for hydroxylation is 1. The summed E-state index contributed by atoms with van der Waals surface area (Å²) in [5.41, 5.74) is -0.0804. The number of aromatic nitrogens is 2. The minimum Gasteiger partial charge on any atom is -0.393 e. The van der Waals surface area contributed by atoms with Crippen LogP contribution < -0.4 is 10.6 Å². The number of halogens is 2. The molecule has 0 unspecified atom stereocenters. The number of nitrogens with zero attached hydrogens (tertiary/aromatic N) is 3. The van der Waals surface area contributed by atoms with Gasteiger partial charge in [-0.2, -0.15) is 5.10 Å². The highest BCUT2D eigenvalue weighted by Gasteiger charge is 2.23. The largest absolute Gasteiger partial charge is 0.393 e. The smallest absolute Gasteiger partial charge is 0.323 e. The SMILES string of the molecule is Cn1nc(NC(=O)N2CCC(O)CC2)cc1C(=O)Nc1ccc(F)cc1F. The van der Waals surface area contributed by atoms with Gasteiger partial charge in [0.15, 0.2) is 5.82 Å². The van der Waals surface area contributed by atoms with Crippen LogP contribution in [0.25, 0.3) is 0 Å². The maximum atomic E-state index is 13.7. The number of rotatable bonds is 3. The van der Waals surface area contributed by atoms with Gasteiger partial charge in [-0.15, -0.1) is 0 Å². The van der Waals surface area contributed by atoms with Gasteiger partial charge >= 0.3 is 6.03 Å². The molecule has 1 aromatic carbocycles. The second-order valence-electron chi connectivity index (χ2n) is 6.27. The number of nitrogens with one attached hydrogen (secondary N) is 2. The molecule has 1 aliphatic rings. The van der Waals surface area contributed by atoms with Crippen molar-refractivity contribution < 1.29 is 23.5 Å². The zero-order chi connectivity index (χ0) is 19.6. The normalized spacial score (nSPS) is 14.9. The molecule has 8 nitrogen and oxygen atoms in total. The molecule has 144 valence electrons. The average molecular weight is 379 g/mol. The monoisotopic (exact) mass is 379 g/mol. The summed E-state index contributed by atoms with van der Waals surface area (Å²) in [5, 5.41) is 18.5. The van der Waals surface area contributed by atoms with Crippen LogP contribution in [0, 0.1) is 11.6 Å².